The van der Waals surface area contributed by atoms with Gasteiger partial charge in [0.15, 0.2) is 0 Å². The molecule has 0 spiro atoms. The molecule has 2 aromatic rings. The maximum Gasteiger partial charge on any atom is 0.242 e. The Balaban J connectivity index is 2.03. The molecule has 2 rings (SSSR count). The fourth-order valence-corrected chi connectivity index (χ4v) is 4.13. The molecule has 5 heteroatoms. The SMILES string of the molecule is Cc1ccccc1CSCC(=O)N(CCc1ccccc1)[C@@H](C)C(=O)NC(C)(C)C. The Labute approximate surface area is 185 Å². The van der Waals surface area contributed by atoms with Crippen LogP contribution in [0.15, 0.2) is 54.6 Å². The van der Waals surface area contributed by atoms with Gasteiger partial charge in [0.05, 0.1) is 5.75 Å². The van der Waals surface area contributed by atoms with Crippen molar-refractivity contribution >= 4 is 23.6 Å². The second kappa shape index (κ2) is 11.2. The molecule has 0 aliphatic carbocycles. The molecule has 0 aliphatic heterocycles. The van der Waals surface area contributed by atoms with Crippen molar-refractivity contribution in [2.45, 2.75) is 58.4 Å². The van der Waals surface area contributed by atoms with E-state index in [1.165, 1.54) is 11.1 Å². The van der Waals surface area contributed by atoms with Crippen molar-refractivity contribution in [3.63, 3.8) is 0 Å². The zero-order chi connectivity index (χ0) is 22.1. The van der Waals surface area contributed by atoms with Crippen molar-refractivity contribution in [3.8, 4) is 0 Å². The molecule has 2 aromatic carbocycles. The van der Waals surface area contributed by atoms with Gasteiger partial charge in [-0.1, -0.05) is 54.6 Å². The van der Waals surface area contributed by atoms with E-state index in [9.17, 15) is 9.59 Å². The first kappa shape index (κ1) is 24.0. The van der Waals surface area contributed by atoms with Crippen LogP contribution in [0.1, 0.15) is 44.4 Å². The number of benzene rings is 2. The molecule has 0 radical (unpaired) electrons. The lowest BCUT2D eigenvalue weighted by atomic mass is 10.1. The Morgan fingerprint density at radius 2 is 1.67 bits per heavy atom. The Morgan fingerprint density at radius 1 is 1.03 bits per heavy atom. The summed E-state index contributed by atoms with van der Waals surface area (Å²) in [5, 5.41) is 3.00. The van der Waals surface area contributed by atoms with E-state index < -0.39 is 6.04 Å². The van der Waals surface area contributed by atoms with Gasteiger partial charge in [0.25, 0.3) is 0 Å². The first-order valence-electron chi connectivity index (χ1n) is 10.4. The minimum absolute atomic E-state index is 0.000995. The summed E-state index contributed by atoms with van der Waals surface area (Å²) in [6, 6.07) is 17.8. The molecule has 0 saturated carbocycles. The fourth-order valence-electron chi connectivity index (χ4n) is 3.15. The van der Waals surface area contributed by atoms with Crippen LogP contribution in [0.25, 0.3) is 0 Å². The smallest absolute Gasteiger partial charge is 0.242 e. The fraction of sp³-hybridized carbons (Fsp3) is 0.440. The lowest BCUT2D eigenvalue weighted by Crippen LogP contribution is -2.53. The molecular formula is C25H34N2O2S. The van der Waals surface area contributed by atoms with Crippen molar-refractivity contribution in [2.24, 2.45) is 0 Å². The van der Waals surface area contributed by atoms with Crippen LogP contribution in [-0.2, 0) is 21.8 Å². The summed E-state index contributed by atoms with van der Waals surface area (Å²) in [7, 11) is 0. The number of thioether (sulfide) groups is 1. The minimum Gasteiger partial charge on any atom is -0.350 e. The van der Waals surface area contributed by atoms with E-state index in [2.05, 4.69) is 36.5 Å². The van der Waals surface area contributed by atoms with Crippen molar-refractivity contribution in [1.29, 1.82) is 0 Å². The van der Waals surface area contributed by atoms with Crippen molar-refractivity contribution in [3.05, 3.63) is 71.3 Å². The molecule has 0 fully saturated rings. The Hall–Kier alpha value is -2.27. The summed E-state index contributed by atoms with van der Waals surface area (Å²) in [5.74, 6) is 1.03. The van der Waals surface area contributed by atoms with E-state index in [1.54, 1.807) is 16.7 Å². The van der Waals surface area contributed by atoms with Gasteiger partial charge < -0.3 is 10.2 Å². The van der Waals surface area contributed by atoms with Crippen LogP contribution in [0.4, 0.5) is 0 Å². The van der Waals surface area contributed by atoms with E-state index >= 15 is 0 Å². The van der Waals surface area contributed by atoms with E-state index in [0.717, 1.165) is 17.7 Å². The summed E-state index contributed by atoms with van der Waals surface area (Å²) in [5.41, 5.74) is 3.30. The van der Waals surface area contributed by atoms with Crippen LogP contribution in [0, 0.1) is 6.92 Å². The molecule has 4 nitrogen and oxygen atoms in total. The highest BCUT2D eigenvalue weighted by Crippen LogP contribution is 2.17. The molecule has 1 N–H and O–H groups in total. The van der Waals surface area contributed by atoms with Gasteiger partial charge in [0, 0.05) is 17.8 Å². The molecule has 0 aliphatic rings. The van der Waals surface area contributed by atoms with Crippen LogP contribution in [0.5, 0.6) is 0 Å². The average molecular weight is 427 g/mol. The van der Waals surface area contributed by atoms with E-state index in [-0.39, 0.29) is 17.4 Å². The molecule has 1 atom stereocenters. The summed E-state index contributed by atoms with van der Waals surface area (Å²) < 4.78 is 0. The predicted octanol–water partition coefficient (Wildman–Crippen LogP) is 4.60. The Bertz CT molecular complexity index is 831. The normalized spacial score (nSPS) is 12.3. The topological polar surface area (TPSA) is 49.4 Å². The van der Waals surface area contributed by atoms with Gasteiger partial charge >= 0.3 is 0 Å². The van der Waals surface area contributed by atoms with E-state index in [4.69, 9.17) is 0 Å². The Morgan fingerprint density at radius 3 is 2.30 bits per heavy atom. The number of nitrogens with one attached hydrogen (secondary N) is 1. The number of hydrogen-bond donors (Lipinski definition) is 1. The van der Waals surface area contributed by atoms with E-state index in [0.29, 0.717) is 12.3 Å². The Kier molecular flexibility index (Phi) is 8.97. The molecule has 0 aromatic heterocycles. The van der Waals surface area contributed by atoms with Gasteiger partial charge in [-0.15, -0.1) is 11.8 Å². The number of amides is 2. The third-order valence-corrected chi connectivity index (χ3v) is 5.86. The van der Waals surface area contributed by atoms with Crippen LogP contribution < -0.4 is 5.32 Å². The lowest BCUT2D eigenvalue weighted by Gasteiger charge is -2.31. The maximum atomic E-state index is 13.1. The van der Waals surface area contributed by atoms with Gasteiger partial charge in [0.1, 0.15) is 6.04 Å². The number of aryl methyl sites for hydroxylation is 1. The van der Waals surface area contributed by atoms with Gasteiger partial charge in [-0.3, -0.25) is 9.59 Å². The largest absolute Gasteiger partial charge is 0.350 e. The number of rotatable bonds is 9. The maximum absolute atomic E-state index is 13.1. The standard InChI is InChI=1S/C25H34N2O2S/c1-19-11-9-10-14-22(19)17-30-18-23(28)27(16-15-21-12-7-6-8-13-21)20(2)24(29)26-25(3,4)5/h6-14,20H,15-18H2,1-5H3,(H,26,29)/t20-/m0/s1. The highest BCUT2D eigenvalue weighted by molar-refractivity contribution is 7.99. The van der Waals surface area contributed by atoms with Crippen LogP contribution in [-0.4, -0.2) is 40.6 Å². The highest BCUT2D eigenvalue weighted by atomic mass is 32.2. The zero-order valence-corrected chi connectivity index (χ0v) is 19.6. The van der Waals surface area contributed by atoms with Crippen LogP contribution >= 0.6 is 11.8 Å². The number of nitrogens with zero attached hydrogens (tertiary/aromatic N) is 1. The van der Waals surface area contributed by atoms with Gasteiger partial charge in [-0.05, 0) is 57.7 Å². The molecule has 0 unspecified atom stereocenters. The van der Waals surface area contributed by atoms with Gasteiger partial charge in [0.2, 0.25) is 11.8 Å². The monoisotopic (exact) mass is 426 g/mol. The van der Waals surface area contributed by atoms with Crippen molar-refractivity contribution < 1.29 is 9.59 Å². The van der Waals surface area contributed by atoms with Crippen molar-refractivity contribution in [2.75, 3.05) is 12.3 Å². The van der Waals surface area contributed by atoms with Crippen LogP contribution in [0.3, 0.4) is 0 Å². The molecule has 0 heterocycles. The molecule has 0 saturated heterocycles. The van der Waals surface area contributed by atoms with Gasteiger partial charge in [-0.2, -0.15) is 0 Å². The van der Waals surface area contributed by atoms with Gasteiger partial charge in [-0.25, -0.2) is 0 Å². The first-order valence-corrected chi connectivity index (χ1v) is 11.6. The predicted molar refractivity (Wildman–Crippen MR) is 127 cm³/mol. The first-order chi connectivity index (χ1) is 14.2. The number of carbonyl (C=O) groups is 2. The van der Waals surface area contributed by atoms with Crippen LogP contribution in [0.2, 0.25) is 0 Å². The third kappa shape index (κ3) is 7.86. The van der Waals surface area contributed by atoms with E-state index in [1.807, 2.05) is 58.0 Å². The minimum atomic E-state index is -0.514. The molecule has 0 bridgehead atoms. The summed E-state index contributed by atoms with van der Waals surface area (Å²) >= 11 is 1.60. The summed E-state index contributed by atoms with van der Waals surface area (Å²) in [4.78, 5) is 27.5. The second-order valence-electron chi connectivity index (χ2n) is 8.66. The van der Waals surface area contributed by atoms with Crippen molar-refractivity contribution in [1.82, 2.24) is 10.2 Å². The summed E-state index contributed by atoms with van der Waals surface area (Å²) in [6.45, 7) is 10.3. The summed E-state index contributed by atoms with van der Waals surface area (Å²) in [6.07, 6.45) is 0.724. The molecule has 2 amide bonds. The number of carbonyl (C=O) groups excluding carboxylic acids is 2. The molecule has 30 heavy (non-hydrogen) atoms. The zero-order valence-electron chi connectivity index (χ0n) is 18.8. The quantitative estimate of drug-likeness (QED) is 0.637. The highest BCUT2D eigenvalue weighted by Gasteiger charge is 2.27. The lowest BCUT2D eigenvalue weighted by molar-refractivity contribution is -0.138. The number of hydrogen-bond acceptors (Lipinski definition) is 3. The average Bonchev–Trinajstić information content (AvgIpc) is 2.69. The third-order valence-electron chi connectivity index (χ3n) is 4.89. The second-order valence-corrected chi connectivity index (χ2v) is 9.64. The molecular weight excluding hydrogens is 392 g/mol. The molecule has 162 valence electrons.